The van der Waals surface area contributed by atoms with Crippen molar-refractivity contribution in [2.45, 2.75) is 0 Å². The Morgan fingerprint density at radius 1 is 0.175 bits per heavy atom. The third kappa shape index (κ3) is 7.03. The SMILES string of the molecule is [SiH4].c1ccc([Si]2(c3ccccc3)O[Si](c3ccccc3)(c3ccccc3)O[Si](c3ccccc3)(c3ccccc3)O[Si](c3ccccc3)(c3ccccc3)O2)cc1. The molecule has 9 heteroatoms. The molecular formula is C48H44O4Si5. The molecule has 9 rings (SSSR count). The summed E-state index contributed by atoms with van der Waals surface area (Å²) in [6.07, 6.45) is 0. The van der Waals surface area contributed by atoms with Crippen LogP contribution in [0.2, 0.25) is 0 Å². The largest absolute Gasteiger partial charge is 0.402 e. The lowest BCUT2D eigenvalue weighted by Gasteiger charge is -2.53. The third-order valence-corrected chi connectivity index (χ3v) is 28.3. The van der Waals surface area contributed by atoms with Crippen molar-refractivity contribution >= 4 is 86.7 Å². The molecule has 0 saturated carbocycles. The fourth-order valence-electron chi connectivity index (χ4n) is 7.76. The molecule has 1 aliphatic heterocycles. The smallest absolute Gasteiger partial charge is 0.390 e. The first-order valence-corrected chi connectivity index (χ1v) is 26.2. The lowest BCUT2D eigenvalue weighted by Crippen LogP contribution is -2.88. The Hall–Kier alpha value is -5.32. The quantitative estimate of drug-likeness (QED) is 0.220. The van der Waals surface area contributed by atoms with Gasteiger partial charge in [0.25, 0.3) is 0 Å². The Kier molecular flexibility index (Phi) is 11.3. The molecule has 0 atom stereocenters. The minimum absolute atomic E-state index is 0. The van der Waals surface area contributed by atoms with Crippen molar-refractivity contribution in [2.75, 3.05) is 0 Å². The van der Waals surface area contributed by atoms with E-state index in [0.29, 0.717) is 0 Å². The molecule has 0 aliphatic carbocycles. The highest BCUT2D eigenvalue weighted by Gasteiger charge is 2.67. The normalized spacial score (nSPS) is 16.6. The summed E-state index contributed by atoms with van der Waals surface area (Å²) in [7, 11) is -15.6. The van der Waals surface area contributed by atoms with Crippen LogP contribution < -0.4 is 41.5 Å². The van der Waals surface area contributed by atoms with Crippen LogP contribution in [0.3, 0.4) is 0 Å². The van der Waals surface area contributed by atoms with Crippen LogP contribution >= 0.6 is 0 Å². The zero-order valence-electron chi connectivity index (χ0n) is 30.7. The van der Waals surface area contributed by atoms with Gasteiger partial charge in [0.2, 0.25) is 0 Å². The highest BCUT2D eigenvalue weighted by Crippen LogP contribution is 2.32. The third-order valence-electron chi connectivity index (χ3n) is 10.4. The second-order valence-electron chi connectivity index (χ2n) is 13.8. The summed E-state index contributed by atoms with van der Waals surface area (Å²) in [6.45, 7) is 0. The van der Waals surface area contributed by atoms with E-state index in [2.05, 4.69) is 194 Å². The minimum Gasteiger partial charge on any atom is -0.402 e. The summed E-state index contributed by atoms with van der Waals surface area (Å²) in [5, 5.41) is 7.77. The maximum atomic E-state index is 8.43. The van der Waals surface area contributed by atoms with E-state index in [-0.39, 0.29) is 11.0 Å². The van der Waals surface area contributed by atoms with Crippen molar-refractivity contribution in [1.82, 2.24) is 0 Å². The van der Waals surface area contributed by atoms with Crippen LogP contribution in [-0.2, 0) is 16.5 Å². The molecule has 0 radical (unpaired) electrons. The van der Waals surface area contributed by atoms with Gasteiger partial charge in [-0.25, -0.2) is 0 Å². The van der Waals surface area contributed by atoms with E-state index in [1.807, 2.05) is 48.5 Å². The molecule has 0 spiro atoms. The molecule has 0 unspecified atom stereocenters. The second kappa shape index (κ2) is 16.7. The summed E-state index contributed by atoms with van der Waals surface area (Å²) < 4.78 is 33.7. The van der Waals surface area contributed by atoms with Crippen LogP contribution in [0.1, 0.15) is 0 Å². The van der Waals surface area contributed by atoms with E-state index in [1.54, 1.807) is 0 Å². The number of rotatable bonds is 8. The maximum absolute atomic E-state index is 8.43. The summed E-state index contributed by atoms with van der Waals surface area (Å²) in [5.41, 5.74) is 0. The van der Waals surface area contributed by atoms with Crippen LogP contribution in [-0.4, -0.2) is 45.2 Å². The Bertz CT molecular complexity index is 1940. The summed E-state index contributed by atoms with van der Waals surface area (Å²) >= 11 is 0. The fraction of sp³-hybridized carbons (Fsp3) is 0. The van der Waals surface area contributed by atoms with Crippen molar-refractivity contribution in [2.24, 2.45) is 0 Å². The van der Waals surface area contributed by atoms with Gasteiger partial charge in [0, 0.05) is 0 Å². The molecule has 0 N–H and O–H groups in total. The molecule has 1 heterocycles. The van der Waals surface area contributed by atoms with Gasteiger partial charge in [-0.3, -0.25) is 0 Å². The molecule has 8 aromatic carbocycles. The predicted molar refractivity (Wildman–Crippen MR) is 247 cm³/mol. The average molecular weight is 825 g/mol. The van der Waals surface area contributed by atoms with E-state index in [1.165, 1.54) is 0 Å². The van der Waals surface area contributed by atoms with Crippen molar-refractivity contribution in [3.63, 3.8) is 0 Å². The van der Waals surface area contributed by atoms with Gasteiger partial charge in [-0.2, -0.15) is 0 Å². The topological polar surface area (TPSA) is 36.9 Å². The van der Waals surface area contributed by atoms with Gasteiger partial charge >= 0.3 is 34.2 Å². The Morgan fingerprint density at radius 2 is 0.281 bits per heavy atom. The number of hydrogen-bond donors (Lipinski definition) is 0. The number of benzene rings is 8. The van der Waals surface area contributed by atoms with Crippen LogP contribution in [0.15, 0.2) is 243 Å². The predicted octanol–water partition coefficient (Wildman–Crippen LogP) is 3.64. The molecule has 4 nitrogen and oxygen atoms in total. The van der Waals surface area contributed by atoms with Gasteiger partial charge in [0.15, 0.2) is 0 Å². The molecule has 57 heavy (non-hydrogen) atoms. The molecule has 1 aliphatic rings. The lowest BCUT2D eigenvalue weighted by atomic mass is 10.4. The first kappa shape index (κ1) is 38.6. The molecule has 0 aromatic heterocycles. The van der Waals surface area contributed by atoms with Gasteiger partial charge in [0.1, 0.15) is 0 Å². The minimum atomic E-state index is -3.89. The van der Waals surface area contributed by atoms with E-state index >= 15 is 0 Å². The molecule has 0 bridgehead atoms. The van der Waals surface area contributed by atoms with Gasteiger partial charge < -0.3 is 16.5 Å². The molecular weight excluding hydrogens is 781 g/mol. The molecule has 280 valence electrons. The van der Waals surface area contributed by atoms with Gasteiger partial charge in [-0.05, 0) is 52.5 Å². The van der Waals surface area contributed by atoms with E-state index in [9.17, 15) is 0 Å². The van der Waals surface area contributed by atoms with Gasteiger partial charge in [-0.1, -0.05) is 243 Å². The standard InChI is InChI=1S/C48H40O4Si4.H4Si/c1-9-25-41(26-10-1)53(42-27-11-2-12-28-42)49-54(43-29-13-3-14-30-43,44-31-15-4-16-32-44)51-56(47-37-21-7-22-38-47,48-39-23-8-24-40-48)52-55(50-53,45-33-17-5-18-34-45)46-35-19-6-20-36-46;/h1-40H;1H4. The van der Waals surface area contributed by atoms with Crippen molar-refractivity contribution in [3.05, 3.63) is 243 Å². The van der Waals surface area contributed by atoms with E-state index in [0.717, 1.165) is 41.5 Å². The molecule has 8 aromatic rings. The highest BCUT2D eigenvalue weighted by molar-refractivity contribution is 7.16. The van der Waals surface area contributed by atoms with Gasteiger partial charge in [0.05, 0.1) is 0 Å². The van der Waals surface area contributed by atoms with Crippen molar-refractivity contribution < 1.29 is 16.5 Å². The molecule has 0 amide bonds. The second-order valence-corrected chi connectivity index (χ2v) is 26.6. The summed E-state index contributed by atoms with van der Waals surface area (Å²) in [5.74, 6) is 0. The lowest BCUT2D eigenvalue weighted by molar-refractivity contribution is 0.268. The van der Waals surface area contributed by atoms with Crippen LogP contribution in [0.25, 0.3) is 0 Å². The van der Waals surface area contributed by atoms with Crippen molar-refractivity contribution in [1.29, 1.82) is 0 Å². The Balaban J connectivity index is 0.00000455. The zero-order chi connectivity index (χ0) is 37.7. The highest BCUT2D eigenvalue weighted by atomic mass is 28.5. The van der Waals surface area contributed by atoms with E-state index in [4.69, 9.17) is 16.5 Å². The molecule has 1 fully saturated rings. The van der Waals surface area contributed by atoms with Crippen LogP contribution in [0.4, 0.5) is 0 Å². The summed E-state index contributed by atoms with van der Waals surface area (Å²) in [4.78, 5) is 0. The maximum Gasteiger partial charge on any atom is 0.390 e. The fourth-order valence-corrected chi connectivity index (χ4v) is 30.3. The Labute approximate surface area is 344 Å². The van der Waals surface area contributed by atoms with Crippen molar-refractivity contribution in [3.8, 4) is 0 Å². The Morgan fingerprint density at radius 3 is 0.386 bits per heavy atom. The van der Waals surface area contributed by atoms with Crippen LogP contribution in [0.5, 0.6) is 0 Å². The zero-order valence-corrected chi connectivity index (χ0v) is 34.7. The van der Waals surface area contributed by atoms with E-state index < -0.39 is 34.2 Å². The van der Waals surface area contributed by atoms with Crippen LogP contribution in [0, 0.1) is 0 Å². The van der Waals surface area contributed by atoms with Gasteiger partial charge in [-0.15, -0.1) is 0 Å². The summed E-state index contributed by atoms with van der Waals surface area (Å²) in [6, 6.07) is 84.2. The molecule has 1 saturated heterocycles. The monoisotopic (exact) mass is 824 g/mol. The average Bonchev–Trinajstić information content (AvgIpc) is 3.29. The first-order chi connectivity index (χ1) is 27.7. The first-order valence-electron chi connectivity index (χ1n) is 18.9. The number of hydrogen-bond acceptors (Lipinski definition) is 4.